The fourth-order valence-electron chi connectivity index (χ4n) is 2.39. The Balaban J connectivity index is 1.91. The van der Waals surface area contributed by atoms with Gasteiger partial charge in [0.2, 0.25) is 0 Å². The van der Waals surface area contributed by atoms with E-state index in [0.29, 0.717) is 0 Å². The average Bonchev–Trinajstić information content (AvgIpc) is 2.53. The molecule has 1 aromatic heterocycles. The third kappa shape index (κ3) is 3.03. The maximum atomic E-state index is 6.11. The predicted molar refractivity (Wildman–Crippen MR) is 85.2 cm³/mol. The topological polar surface area (TPSA) is 48.1 Å². The first-order chi connectivity index (χ1) is 10.2. The van der Waals surface area contributed by atoms with Crippen LogP contribution in [0.5, 0.6) is 5.75 Å². The molecule has 0 aliphatic rings. The lowest BCUT2D eigenvalue weighted by molar-refractivity contribution is 0.180. The Kier molecular flexibility index (Phi) is 3.84. The number of rotatable bonds is 4. The first-order valence-electron chi connectivity index (χ1n) is 7.06. The summed E-state index contributed by atoms with van der Waals surface area (Å²) in [6.45, 7) is 1.96. The maximum absolute atomic E-state index is 6.11. The lowest BCUT2D eigenvalue weighted by Gasteiger charge is -2.23. The molecule has 1 heterocycles. The Morgan fingerprint density at radius 2 is 1.81 bits per heavy atom. The Labute approximate surface area is 124 Å². The minimum Gasteiger partial charge on any atom is -0.484 e. The fraction of sp³-hybridized carbons (Fsp3) is 0.167. The Morgan fingerprint density at radius 1 is 1.00 bits per heavy atom. The van der Waals surface area contributed by atoms with Crippen molar-refractivity contribution in [2.75, 3.05) is 0 Å². The number of hydrogen-bond acceptors (Lipinski definition) is 3. The second-order valence-electron chi connectivity index (χ2n) is 5.17. The quantitative estimate of drug-likeness (QED) is 0.791. The zero-order valence-electron chi connectivity index (χ0n) is 11.9. The molecule has 0 bridgehead atoms. The van der Waals surface area contributed by atoms with Crippen LogP contribution in [-0.4, -0.2) is 11.0 Å². The third-order valence-corrected chi connectivity index (χ3v) is 3.45. The minimum atomic E-state index is -0.174. The van der Waals surface area contributed by atoms with Gasteiger partial charge in [-0.05, 0) is 30.7 Å². The lowest BCUT2D eigenvalue weighted by Crippen LogP contribution is -2.29. The van der Waals surface area contributed by atoms with E-state index in [1.165, 1.54) is 0 Å². The van der Waals surface area contributed by atoms with Crippen molar-refractivity contribution in [3.63, 3.8) is 0 Å². The number of aromatic nitrogens is 1. The number of nitrogens with two attached hydrogens (primary N) is 1. The van der Waals surface area contributed by atoms with Crippen molar-refractivity contribution < 1.29 is 4.74 Å². The molecule has 0 aliphatic carbocycles. The molecule has 0 amide bonds. The minimum absolute atomic E-state index is 0.105. The monoisotopic (exact) mass is 278 g/mol. The van der Waals surface area contributed by atoms with Gasteiger partial charge in [-0.2, -0.15) is 0 Å². The SMILES string of the molecule is CC(N)C(Oc1ccc2cccnc2c1)c1ccccc1. The van der Waals surface area contributed by atoms with E-state index < -0.39 is 0 Å². The molecule has 2 unspecified atom stereocenters. The van der Waals surface area contributed by atoms with E-state index in [0.717, 1.165) is 22.2 Å². The number of nitrogens with zero attached hydrogens (tertiary/aromatic N) is 1. The molecule has 2 atom stereocenters. The van der Waals surface area contributed by atoms with Gasteiger partial charge in [0, 0.05) is 23.7 Å². The molecule has 3 aromatic rings. The van der Waals surface area contributed by atoms with Gasteiger partial charge in [0.15, 0.2) is 0 Å². The summed E-state index contributed by atoms with van der Waals surface area (Å²) in [6.07, 6.45) is 1.61. The highest BCUT2D eigenvalue weighted by Gasteiger charge is 2.18. The molecule has 2 N–H and O–H groups in total. The summed E-state index contributed by atoms with van der Waals surface area (Å²) >= 11 is 0. The first kappa shape index (κ1) is 13.6. The molecule has 3 nitrogen and oxygen atoms in total. The Morgan fingerprint density at radius 3 is 2.57 bits per heavy atom. The van der Waals surface area contributed by atoms with Gasteiger partial charge in [-0.1, -0.05) is 36.4 Å². The van der Waals surface area contributed by atoms with Crippen LogP contribution in [-0.2, 0) is 0 Å². The number of fused-ring (bicyclic) bond motifs is 1. The molecule has 0 saturated heterocycles. The van der Waals surface area contributed by atoms with Gasteiger partial charge < -0.3 is 10.5 Å². The van der Waals surface area contributed by atoms with E-state index in [4.69, 9.17) is 10.5 Å². The molecule has 21 heavy (non-hydrogen) atoms. The highest BCUT2D eigenvalue weighted by atomic mass is 16.5. The molecule has 0 radical (unpaired) electrons. The fourth-order valence-corrected chi connectivity index (χ4v) is 2.39. The summed E-state index contributed by atoms with van der Waals surface area (Å²) in [5.74, 6) is 0.785. The number of benzene rings is 2. The van der Waals surface area contributed by atoms with Crippen LogP contribution < -0.4 is 10.5 Å². The van der Waals surface area contributed by atoms with Crippen molar-refractivity contribution in [2.45, 2.75) is 19.1 Å². The predicted octanol–water partition coefficient (Wildman–Crippen LogP) is 3.70. The largest absolute Gasteiger partial charge is 0.484 e. The molecule has 0 fully saturated rings. The zero-order chi connectivity index (χ0) is 14.7. The standard InChI is InChI=1S/C18H18N2O/c1-13(19)18(15-6-3-2-4-7-15)21-16-10-9-14-8-5-11-20-17(14)12-16/h2-13,18H,19H2,1H3. The average molecular weight is 278 g/mol. The van der Waals surface area contributed by atoms with Crippen LogP contribution in [0.25, 0.3) is 10.9 Å². The van der Waals surface area contributed by atoms with E-state index in [-0.39, 0.29) is 12.1 Å². The highest BCUT2D eigenvalue weighted by molar-refractivity contribution is 5.79. The van der Waals surface area contributed by atoms with Crippen molar-refractivity contribution in [3.8, 4) is 5.75 Å². The van der Waals surface area contributed by atoms with Crippen LogP contribution in [0.15, 0.2) is 66.9 Å². The summed E-state index contributed by atoms with van der Waals surface area (Å²) in [6, 6.07) is 19.8. The van der Waals surface area contributed by atoms with E-state index in [1.54, 1.807) is 6.20 Å². The second kappa shape index (κ2) is 5.94. The van der Waals surface area contributed by atoms with Crippen LogP contribution in [0.4, 0.5) is 0 Å². The molecule has 0 saturated carbocycles. The maximum Gasteiger partial charge on any atom is 0.138 e. The molecular weight excluding hydrogens is 260 g/mol. The second-order valence-corrected chi connectivity index (χ2v) is 5.17. The van der Waals surface area contributed by atoms with E-state index >= 15 is 0 Å². The van der Waals surface area contributed by atoms with E-state index in [2.05, 4.69) is 4.98 Å². The van der Waals surface area contributed by atoms with Crippen LogP contribution in [0, 0.1) is 0 Å². The zero-order valence-corrected chi connectivity index (χ0v) is 11.9. The molecular formula is C18H18N2O. The van der Waals surface area contributed by atoms with E-state index in [1.807, 2.05) is 67.6 Å². The Hall–Kier alpha value is -2.39. The van der Waals surface area contributed by atoms with Crippen molar-refractivity contribution in [1.29, 1.82) is 0 Å². The number of ether oxygens (including phenoxy) is 1. The Bertz CT molecular complexity index is 725. The summed E-state index contributed by atoms with van der Waals surface area (Å²) in [5.41, 5.74) is 8.09. The van der Waals surface area contributed by atoms with Gasteiger partial charge in [-0.3, -0.25) is 4.98 Å². The van der Waals surface area contributed by atoms with Crippen molar-refractivity contribution in [3.05, 3.63) is 72.4 Å². The normalized spacial score (nSPS) is 13.8. The van der Waals surface area contributed by atoms with E-state index in [9.17, 15) is 0 Å². The molecule has 106 valence electrons. The summed E-state index contributed by atoms with van der Waals surface area (Å²) < 4.78 is 6.11. The smallest absolute Gasteiger partial charge is 0.138 e. The molecule has 0 spiro atoms. The molecule has 2 aromatic carbocycles. The third-order valence-electron chi connectivity index (χ3n) is 3.45. The van der Waals surface area contributed by atoms with Crippen LogP contribution in [0.2, 0.25) is 0 Å². The lowest BCUT2D eigenvalue weighted by atomic mass is 10.0. The van der Waals surface area contributed by atoms with Gasteiger partial charge in [0.25, 0.3) is 0 Å². The van der Waals surface area contributed by atoms with Crippen LogP contribution >= 0.6 is 0 Å². The van der Waals surface area contributed by atoms with Crippen LogP contribution in [0.3, 0.4) is 0 Å². The van der Waals surface area contributed by atoms with Crippen molar-refractivity contribution in [2.24, 2.45) is 5.73 Å². The van der Waals surface area contributed by atoms with Gasteiger partial charge in [-0.25, -0.2) is 0 Å². The summed E-state index contributed by atoms with van der Waals surface area (Å²) in [7, 11) is 0. The molecule has 3 heteroatoms. The first-order valence-corrected chi connectivity index (χ1v) is 7.06. The molecule has 3 rings (SSSR count). The van der Waals surface area contributed by atoms with Crippen LogP contribution in [0.1, 0.15) is 18.6 Å². The molecule has 0 aliphatic heterocycles. The van der Waals surface area contributed by atoms with Gasteiger partial charge >= 0.3 is 0 Å². The van der Waals surface area contributed by atoms with Gasteiger partial charge in [0.05, 0.1) is 5.52 Å². The van der Waals surface area contributed by atoms with Crippen molar-refractivity contribution >= 4 is 10.9 Å². The van der Waals surface area contributed by atoms with Gasteiger partial charge in [0.1, 0.15) is 11.9 Å². The number of hydrogen-bond donors (Lipinski definition) is 1. The number of pyridine rings is 1. The highest BCUT2D eigenvalue weighted by Crippen LogP contribution is 2.26. The van der Waals surface area contributed by atoms with Gasteiger partial charge in [-0.15, -0.1) is 0 Å². The van der Waals surface area contributed by atoms with Crippen molar-refractivity contribution in [1.82, 2.24) is 4.98 Å². The summed E-state index contributed by atoms with van der Waals surface area (Å²) in [5, 5.41) is 1.10. The summed E-state index contributed by atoms with van der Waals surface area (Å²) in [4.78, 5) is 4.36.